The van der Waals surface area contributed by atoms with Crippen LogP contribution in [-0.2, 0) is 6.54 Å². The van der Waals surface area contributed by atoms with Crippen molar-refractivity contribution in [2.24, 2.45) is 17.6 Å². The summed E-state index contributed by atoms with van der Waals surface area (Å²) in [7, 11) is 0. The average Bonchev–Trinajstić information content (AvgIpc) is 2.39. The maximum absolute atomic E-state index is 5.69. The summed E-state index contributed by atoms with van der Waals surface area (Å²) in [6.45, 7) is 7.70. The molecular formula is C15H24N2. The highest BCUT2D eigenvalue weighted by molar-refractivity contribution is 5.48. The molecule has 2 heteroatoms. The van der Waals surface area contributed by atoms with Crippen LogP contribution in [0.3, 0.4) is 0 Å². The molecule has 0 saturated carbocycles. The van der Waals surface area contributed by atoms with Gasteiger partial charge in [0.1, 0.15) is 0 Å². The minimum Gasteiger partial charge on any atom is -0.372 e. The smallest absolute Gasteiger partial charge is 0.0369 e. The van der Waals surface area contributed by atoms with Crippen LogP contribution in [0.25, 0.3) is 0 Å². The number of nitrogens with two attached hydrogens (primary N) is 1. The van der Waals surface area contributed by atoms with E-state index in [-0.39, 0.29) is 0 Å². The summed E-state index contributed by atoms with van der Waals surface area (Å²) >= 11 is 0. The highest BCUT2D eigenvalue weighted by Gasteiger charge is 2.21. The molecule has 1 heterocycles. The van der Waals surface area contributed by atoms with Crippen LogP contribution in [0, 0.1) is 11.8 Å². The maximum atomic E-state index is 5.69. The van der Waals surface area contributed by atoms with E-state index in [1.165, 1.54) is 37.2 Å². The quantitative estimate of drug-likeness (QED) is 0.868. The Labute approximate surface area is 105 Å². The van der Waals surface area contributed by atoms with Gasteiger partial charge in [-0.25, -0.2) is 0 Å². The van der Waals surface area contributed by atoms with Gasteiger partial charge in [0.05, 0.1) is 0 Å². The first-order valence-electron chi connectivity index (χ1n) is 6.74. The predicted octanol–water partition coefficient (Wildman–Crippen LogP) is 3.02. The molecule has 1 aromatic rings. The van der Waals surface area contributed by atoms with Crippen LogP contribution >= 0.6 is 0 Å². The molecule has 0 spiro atoms. The molecule has 2 N–H and O–H groups in total. The molecule has 0 aliphatic carbocycles. The fraction of sp³-hybridized carbons (Fsp3) is 0.600. The first kappa shape index (κ1) is 12.4. The average molecular weight is 232 g/mol. The summed E-state index contributed by atoms with van der Waals surface area (Å²) in [5.74, 6) is 1.73. The Morgan fingerprint density at radius 3 is 2.59 bits per heavy atom. The third-order valence-corrected chi connectivity index (χ3v) is 3.99. The molecule has 1 aliphatic rings. The Kier molecular flexibility index (Phi) is 4.06. The van der Waals surface area contributed by atoms with Crippen molar-refractivity contribution in [3.8, 4) is 0 Å². The van der Waals surface area contributed by atoms with Gasteiger partial charge in [-0.05, 0) is 42.4 Å². The van der Waals surface area contributed by atoms with Crippen molar-refractivity contribution >= 4 is 5.69 Å². The maximum Gasteiger partial charge on any atom is 0.0369 e. The first-order chi connectivity index (χ1) is 8.20. The largest absolute Gasteiger partial charge is 0.372 e. The lowest BCUT2D eigenvalue weighted by Crippen LogP contribution is -2.35. The number of piperidine rings is 1. The SMILES string of the molecule is CC(C)C1CCN(c2cccc(CN)c2)CC1. The highest BCUT2D eigenvalue weighted by Crippen LogP contribution is 2.28. The molecule has 0 unspecified atom stereocenters. The van der Waals surface area contributed by atoms with E-state index in [0.717, 1.165) is 11.8 Å². The van der Waals surface area contributed by atoms with E-state index in [1.807, 2.05) is 0 Å². The number of nitrogens with zero attached hydrogens (tertiary/aromatic N) is 1. The van der Waals surface area contributed by atoms with Gasteiger partial charge in [0.25, 0.3) is 0 Å². The van der Waals surface area contributed by atoms with E-state index in [4.69, 9.17) is 5.73 Å². The number of hydrogen-bond acceptors (Lipinski definition) is 2. The molecule has 0 aromatic heterocycles. The van der Waals surface area contributed by atoms with Gasteiger partial charge in [-0.15, -0.1) is 0 Å². The van der Waals surface area contributed by atoms with Crippen molar-refractivity contribution in [1.82, 2.24) is 0 Å². The molecular weight excluding hydrogens is 208 g/mol. The van der Waals surface area contributed by atoms with Gasteiger partial charge in [-0.3, -0.25) is 0 Å². The lowest BCUT2D eigenvalue weighted by atomic mass is 9.86. The normalized spacial score (nSPS) is 17.8. The van der Waals surface area contributed by atoms with E-state index in [2.05, 4.69) is 43.0 Å². The summed E-state index contributed by atoms with van der Waals surface area (Å²) in [5, 5.41) is 0. The fourth-order valence-corrected chi connectivity index (χ4v) is 2.70. The molecule has 0 bridgehead atoms. The summed E-state index contributed by atoms with van der Waals surface area (Å²) < 4.78 is 0. The van der Waals surface area contributed by atoms with Crippen molar-refractivity contribution < 1.29 is 0 Å². The zero-order valence-corrected chi connectivity index (χ0v) is 11.0. The van der Waals surface area contributed by atoms with Crippen LogP contribution in [0.2, 0.25) is 0 Å². The summed E-state index contributed by atoms with van der Waals surface area (Å²) in [6.07, 6.45) is 2.65. The topological polar surface area (TPSA) is 29.3 Å². The molecule has 1 fully saturated rings. The van der Waals surface area contributed by atoms with Crippen LogP contribution in [0.5, 0.6) is 0 Å². The van der Waals surface area contributed by atoms with Crippen LogP contribution in [-0.4, -0.2) is 13.1 Å². The third-order valence-electron chi connectivity index (χ3n) is 3.99. The van der Waals surface area contributed by atoms with Gasteiger partial charge in [-0.1, -0.05) is 26.0 Å². The Bertz CT molecular complexity index is 352. The molecule has 17 heavy (non-hydrogen) atoms. The Morgan fingerprint density at radius 2 is 2.00 bits per heavy atom. The Hall–Kier alpha value is -1.02. The molecule has 94 valence electrons. The van der Waals surface area contributed by atoms with E-state index in [1.54, 1.807) is 0 Å². The van der Waals surface area contributed by atoms with E-state index in [9.17, 15) is 0 Å². The van der Waals surface area contributed by atoms with Gasteiger partial charge >= 0.3 is 0 Å². The molecule has 1 aromatic carbocycles. The van der Waals surface area contributed by atoms with Gasteiger partial charge in [-0.2, -0.15) is 0 Å². The Balaban J connectivity index is 2.00. The van der Waals surface area contributed by atoms with E-state index < -0.39 is 0 Å². The van der Waals surface area contributed by atoms with E-state index >= 15 is 0 Å². The van der Waals surface area contributed by atoms with Crippen LogP contribution < -0.4 is 10.6 Å². The monoisotopic (exact) mass is 232 g/mol. The van der Waals surface area contributed by atoms with Gasteiger partial charge in [0.15, 0.2) is 0 Å². The van der Waals surface area contributed by atoms with Crippen LogP contribution in [0.4, 0.5) is 5.69 Å². The number of anilines is 1. The first-order valence-corrected chi connectivity index (χ1v) is 6.74. The van der Waals surface area contributed by atoms with Crippen LogP contribution in [0.15, 0.2) is 24.3 Å². The summed E-state index contributed by atoms with van der Waals surface area (Å²) in [4.78, 5) is 2.50. The highest BCUT2D eigenvalue weighted by atomic mass is 15.1. The number of hydrogen-bond donors (Lipinski definition) is 1. The number of rotatable bonds is 3. The zero-order valence-electron chi connectivity index (χ0n) is 11.0. The van der Waals surface area contributed by atoms with Gasteiger partial charge in [0, 0.05) is 25.3 Å². The molecule has 1 aliphatic heterocycles. The summed E-state index contributed by atoms with van der Waals surface area (Å²) in [6, 6.07) is 8.65. The van der Waals surface area contributed by atoms with Crippen molar-refractivity contribution in [2.45, 2.75) is 33.2 Å². The molecule has 0 radical (unpaired) electrons. The zero-order chi connectivity index (χ0) is 12.3. The lowest BCUT2D eigenvalue weighted by molar-refractivity contribution is 0.311. The Morgan fingerprint density at radius 1 is 1.29 bits per heavy atom. The molecule has 2 rings (SSSR count). The lowest BCUT2D eigenvalue weighted by Gasteiger charge is -2.35. The predicted molar refractivity (Wildman–Crippen MR) is 74.1 cm³/mol. The minimum atomic E-state index is 0.635. The summed E-state index contributed by atoms with van der Waals surface area (Å²) in [5.41, 5.74) is 8.26. The van der Waals surface area contributed by atoms with Crippen molar-refractivity contribution in [3.05, 3.63) is 29.8 Å². The molecule has 0 amide bonds. The van der Waals surface area contributed by atoms with Crippen molar-refractivity contribution in [1.29, 1.82) is 0 Å². The molecule has 1 saturated heterocycles. The van der Waals surface area contributed by atoms with Crippen LogP contribution in [0.1, 0.15) is 32.3 Å². The minimum absolute atomic E-state index is 0.635. The standard InChI is InChI=1S/C15H24N2/c1-12(2)14-6-8-17(9-7-14)15-5-3-4-13(10-15)11-16/h3-5,10,12,14H,6-9,11,16H2,1-2H3. The van der Waals surface area contributed by atoms with E-state index in [0.29, 0.717) is 6.54 Å². The molecule has 2 nitrogen and oxygen atoms in total. The van der Waals surface area contributed by atoms with Crippen molar-refractivity contribution in [3.63, 3.8) is 0 Å². The van der Waals surface area contributed by atoms with Gasteiger partial charge in [0.2, 0.25) is 0 Å². The second-order valence-corrected chi connectivity index (χ2v) is 5.44. The van der Waals surface area contributed by atoms with Gasteiger partial charge < -0.3 is 10.6 Å². The third kappa shape index (κ3) is 3.01. The fourth-order valence-electron chi connectivity index (χ4n) is 2.70. The second-order valence-electron chi connectivity index (χ2n) is 5.44. The second kappa shape index (κ2) is 5.54. The van der Waals surface area contributed by atoms with Crippen molar-refractivity contribution in [2.75, 3.05) is 18.0 Å². The molecule has 0 atom stereocenters. The number of benzene rings is 1.